The molecular weight excluding hydrogens is 124 g/mol. The van der Waals surface area contributed by atoms with E-state index in [2.05, 4.69) is 31.4 Å². The lowest BCUT2D eigenvalue weighted by atomic mass is 10.1. The van der Waals surface area contributed by atoms with Gasteiger partial charge in [-0.05, 0) is 26.7 Å². The molecule has 2 unspecified atom stereocenters. The van der Waals surface area contributed by atoms with Crippen molar-refractivity contribution in [3.63, 3.8) is 0 Å². The van der Waals surface area contributed by atoms with Crippen molar-refractivity contribution in [3.05, 3.63) is 0 Å². The second-order valence-corrected chi connectivity index (χ2v) is 3.33. The van der Waals surface area contributed by atoms with Gasteiger partial charge in [-0.15, -0.1) is 0 Å². The summed E-state index contributed by atoms with van der Waals surface area (Å²) in [5.41, 5.74) is 0. The van der Waals surface area contributed by atoms with Crippen molar-refractivity contribution in [2.75, 3.05) is 0 Å². The molecule has 2 atom stereocenters. The van der Waals surface area contributed by atoms with Crippen molar-refractivity contribution in [2.45, 2.75) is 51.9 Å². The van der Waals surface area contributed by atoms with Crippen LogP contribution in [-0.4, -0.2) is 18.2 Å². The summed E-state index contributed by atoms with van der Waals surface area (Å²) < 4.78 is 0. The Morgan fingerprint density at radius 2 is 1.70 bits per heavy atom. The van der Waals surface area contributed by atoms with Gasteiger partial charge in [0.05, 0.1) is 6.17 Å². The molecule has 0 aromatic heterocycles. The van der Waals surface area contributed by atoms with Crippen LogP contribution in [0.3, 0.4) is 0 Å². The lowest BCUT2D eigenvalue weighted by molar-refractivity contribution is 0.257. The van der Waals surface area contributed by atoms with Crippen LogP contribution in [0.25, 0.3) is 0 Å². The van der Waals surface area contributed by atoms with Gasteiger partial charge in [-0.3, -0.25) is 10.6 Å². The summed E-state index contributed by atoms with van der Waals surface area (Å²) in [4.78, 5) is 0. The molecule has 0 bridgehead atoms. The average Bonchev–Trinajstić information content (AvgIpc) is 1.85. The minimum atomic E-state index is 0.541. The largest absolute Gasteiger partial charge is 0.299 e. The fraction of sp³-hybridized carbons (Fsp3) is 1.00. The molecule has 0 aromatic rings. The van der Waals surface area contributed by atoms with Gasteiger partial charge in [-0.25, -0.2) is 0 Å². The fourth-order valence-electron chi connectivity index (χ4n) is 1.64. The van der Waals surface area contributed by atoms with Gasteiger partial charge >= 0.3 is 0 Å². The van der Waals surface area contributed by atoms with E-state index in [9.17, 15) is 0 Å². The maximum Gasteiger partial charge on any atom is 0.0573 e. The fourth-order valence-corrected chi connectivity index (χ4v) is 1.64. The van der Waals surface area contributed by atoms with Crippen molar-refractivity contribution >= 4 is 0 Å². The second-order valence-electron chi connectivity index (χ2n) is 3.33. The molecule has 1 heterocycles. The zero-order chi connectivity index (χ0) is 7.56. The van der Waals surface area contributed by atoms with Gasteiger partial charge in [0.1, 0.15) is 0 Å². The molecule has 2 N–H and O–H groups in total. The summed E-state index contributed by atoms with van der Waals surface area (Å²) in [7, 11) is 0. The molecule has 1 fully saturated rings. The molecule has 1 aliphatic rings. The molecule has 0 amide bonds. The Balaban J connectivity index is 2.35. The highest BCUT2D eigenvalue weighted by molar-refractivity contribution is 4.80. The minimum absolute atomic E-state index is 0.541. The Hall–Kier alpha value is -0.0800. The molecule has 0 aromatic carbocycles. The summed E-state index contributed by atoms with van der Waals surface area (Å²) >= 11 is 0. The first-order valence-electron chi connectivity index (χ1n) is 4.24. The van der Waals surface area contributed by atoms with Crippen LogP contribution in [0.4, 0.5) is 0 Å². The normalized spacial score (nSPS) is 41.7. The third-order valence-electron chi connectivity index (χ3n) is 2.09. The van der Waals surface area contributed by atoms with Crippen molar-refractivity contribution < 1.29 is 0 Å². The van der Waals surface area contributed by atoms with Crippen LogP contribution in [0.5, 0.6) is 0 Å². The van der Waals surface area contributed by atoms with Gasteiger partial charge in [0, 0.05) is 12.1 Å². The average molecular weight is 142 g/mol. The van der Waals surface area contributed by atoms with Crippen LogP contribution in [-0.2, 0) is 0 Å². The monoisotopic (exact) mass is 142 g/mol. The van der Waals surface area contributed by atoms with E-state index in [1.165, 1.54) is 12.8 Å². The molecule has 2 heteroatoms. The third-order valence-corrected chi connectivity index (χ3v) is 2.09. The van der Waals surface area contributed by atoms with Gasteiger partial charge in [-0.2, -0.15) is 0 Å². The van der Waals surface area contributed by atoms with E-state index in [1.54, 1.807) is 0 Å². The van der Waals surface area contributed by atoms with Crippen LogP contribution < -0.4 is 10.6 Å². The molecule has 0 radical (unpaired) electrons. The van der Waals surface area contributed by atoms with Crippen molar-refractivity contribution in [1.29, 1.82) is 0 Å². The van der Waals surface area contributed by atoms with Crippen molar-refractivity contribution in [1.82, 2.24) is 10.6 Å². The van der Waals surface area contributed by atoms with Crippen molar-refractivity contribution in [3.8, 4) is 0 Å². The van der Waals surface area contributed by atoms with E-state index in [0.717, 1.165) is 0 Å². The van der Waals surface area contributed by atoms with Crippen LogP contribution in [0.2, 0.25) is 0 Å². The maximum atomic E-state index is 3.49. The predicted octanol–water partition coefficient (Wildman–Crippen LogP) is 1.08. The van der Waals surface area contributed by atoms with Gasteiger partial charge < -0.3 is 0 Å². The number of rotatable bonds is 1. The number of nitrogens with one attached hydrogen (secondary N) is 2. The van der Waals surface area contributed by atoms with E-state index in [0.29, 0.717) is 18.2 Å². The molecule has 0 saturated carbocycles. The molecule has 0 aliphatic carbocycles. The van der Waals surface area contributed by atoms with Crippen LogP contribution >= 0.6 is 0 Å². The number of hydrogen-bond donors (Lipinski definition) is 2. The molecule has 60 valence electrons. The quantitative estimate of drug-likeness (QED) is 0.572. The smallest absolute Gasteiger partial charge is 0.0573 e. The predicted molar refractivity (Wildman–Crippen MR) is 43.9 cm³/mol. The molecule has 2 nitrogen and oxygen atoms in total. The highest BCUT2D eigenvalue weighted by Crippen LogP contribution is 2.06. The summed E-state index contributed by atoms with van der Waals surface area (Å²) in [6, 6.07) is 1.36. The van der Waals surface area contributed by atoms with Gasteiger partial charge in [0.25, 0.3) is 0 Å². The zero-order valence-electron chi connectivity index (χ0n) is 7.15. The van der Waals surface area contributed by atoms with E-state index in [1.807, 2.05) is 0 Å². The molecule has 0 spiro atoms. The summed E-state index contributed by atoms with van der Waals surface area (Å²) in [5, 5.41) is 6.97. The van der Waals surface area contributed by atoms with Crippen molar-refractivity contribution in [2.24, 2.45) is 0 Å². The first-order chi connectivity index (χ1) is 4.72. The SMILES string of the molecule is CCC1NC(C)CC(C)N1. The van der Waals surface area contributed by atoms with Gasteiger partial charge in [-0.1, -0.05) is 6.92 Å². The molecule has 10 heavy (non-hydrogen) atoms. The first kappa shape index (κ1) is 8.02. The lowest BCUT2D eigenvalue weighted by Crippen LogP contribution is -2.56. The van der Waals surface area contributed by atoms with Crippen LogP contribution in [0.1, 0.15) is 33.6 Å². The summed E-state index contributed by atoms with van der Waals surface area (Å²) in [6.07, 6.45) is 2.96. The first-order valence-corrected chi connectivity index (χ1v) is 4.24. The molecule has 1 rings (SSSR count). The Morgan fingerprint density at radius 1 is 1.20 bits per heavy atom. The number of hydrogen-bond acceptors (Lipinski definition) is 2. The Bertz CT molecular complexity index is 93.4. The Labute approximate surface area is 63.4 Å². The molecule has 1 aliphatic heterocycles. The zero-order valence-corrected chi connectivity index (χ0v) is 7.15. The molecule has 1 saturated heterocycles. The topological polar surface area (TPSA) is 24.1 Å². The Kier molecular flexibility index (Phi) is 2.69. The van der Waals surface area contributed by atoms with Gasteiger partial charge in [0.2, 0.25) is 0 Å². The van der Waals surface area contributed by atoms with Crippen LogP contribution in [0, 0.1) is 0 Å². The second kappa shape index (κ2) is 3.35. The summed E-state index contributed by atoms with van der Waals surface area (Å²) in [6.45, 7) is 6.70. The Morgan fingerprint density at radius 3 is 2.10 bits per heavy atom. The van der Waals surface area contributed by atoms with E-state index in [4.69, 9.17) is 0 Å². The highest BCUT2D eigenvalue weighted by Gasteiger charge is 2.19. The highest BCUT2D eigenvalue weighted by atomic mass is 15.2. The van der Waals surface area contributed by atoms with E-state index in [-0.39, 0.29) is 0 Å². The lowest BCUT2D eigenvalue weighted by Gasteiger charge is -2.33. The van der Waals surface area contributed by atoms with E-state index >= 15 is 0 Å². The standard InChI is InChI=1S/C8H18N2/c1-4-8-9-6(2)5-7(3)10-8/h6-10H,4-5H2,1-3H3. The third kappa shape index (κ3) is 1.96. The van der Waals surface area contributed by atoms with Crippen LogP contribution in [0.15, 0.2) is 0 Å². The summed E-state index contributed by atoms with van der Waals surface area (Å²) in [5.74, 6) is 0. The molecular formula is C8H18N2. The van der Waals surface area contributed by atoms with E-state index < -0.39 is 0 Å². The minimum Gasteiger partial charge on any atom is -0.299 e. The maximum absolute atomic E-state index is 3.49. The van der Waals surface area contributed by atoms with Gasteiger partial charge in [0.15, 0.2) is 0 Å².